The molecule has 0 aliphatic rings. The number of para-hydroxylation sites is 1. The minimum absolute atomic E-state index is 0.0229. The van der Waals surface area contributed by atoms with Gasteiger partial charge in [-0.25, -0.2) is 25.5 Å². The van der Waals surface area contributed by atoms with Gasteiger partial charge in [-0.05, 0) is 36.4 Å². The minimum atomic E-state index is -4.46. The Labute approximate surface area is 263 Å². The summed E-state index contributed by atoms with van der Waals surface area (Å²) < 4.78 is 82.8. The van der Waals surface area contributed by atoms with Crippen LogP contribution in [0.2, 0.25) is 25.7 Å². The summed E-state index contributed by atoms with van der Waals surface area (Å²) in [4.78, 5) is -0.502. The number of methoxy groups -OCH3 is 2. The molecule has 1 N–H and O–H groups in total. The normalized spacial score (nSPS) is 13.1. The lowest BCUT2D eigenvalue weighted by Gasteiger charge is -2.28. The highest BCUT2D eigenvalue weighted by Gasteiger charge is 2.35. The number of nitrogens with zero attached hydrogens (tertiary/aromatic N) is 6. The zero-order chi connectivity index (χ0) is 33.3. The molecular formula is C28H37FN6O7S2Si. The van der Waals surface area contributed by atoms with Gasteiger partial charge < -0.3 is 14.6 Å². The number of sulfone groups is 1. The molecule has 4 aromatic rings. The van der Waals surface area contributed by atoms with Gasteiger partial charge in [0.25, 0.3) is 0 Å². The molecular weight excluding hydrogens is 644 g/mol. The zero-order valence-electron chi connectivity index (χ0n) is 26.1. The van der Waals surface area contributed by atoms with Gasteiger partial charge in [0.1, 0.15) is 28.7 Å². The lowest BCUT2D eigenvalue weighted by atomic mass is 10.1. The van der Waals surface area contributed by atoms with E-state index in [0.29, 0.717) is 28.9 Å². The molecule has 13 nitrogen and oxygen atoms in total. The van der Waals surface area contributed by atoms with Gasteiger partial charge in [-0.2, -0.15) is 5.10 Å². The molecule has 0 saturated heterocycles. The molecule has 2 heterocycles. The third kappa shape index (κ3) is 7.54. The number of aryl methyl sites for hydroxylation is 1. The maximum absolute atomic E-state index is 14.3. The molecule has 0 aliphatic heterocycles. The SMILES string of the molecule is COc1cccc(OC)c1-n1c(-c2ccn(C)n2)nnc1N(CC[Si](C)(C)C)S(=O)(=O)C[C@@H](O)c1ccc(F)cc1S(C)(=O)=O. The van der Waals surface area contributed by atoms with Crippen molar-refractivity contribution in [2.24, 2.45) is 7.05 Å². The van der Waals surface area contributed by atoms with E-state index in [9.17, 15) is 26.3 Å². The van der Waals surface area contributed by atoms with Crippen molar-refractivity contribution in [2.45, 2.75) is 36.7 Å². The van der Waals surface area contributed by atoms with Crippen LogP contribution < -0.4 is 13.8 Å². The lowest BCUT2D eigenvalue weighted by molar-refractivity contribution is 0.198. The van der Waals surface area contributed by atoms with Crippen molar-refractivity contribution in [2.75, 3.05) is 37.1 Å². The first-order valence-electron chi connectivity index (χ1n) is 13.8. The number of halogens is 1. The fourth-order valence-corrected chi connectivity index (χ4v) is 8.19. The number of hydrogen-bond acceptors (Lipinski definition) is 10. The maximum Gasteiger partial charge on any atom is 0.246 e. The van der Waals surface area contributed by atoms with Crippen LogP contribution in [0, 0.1) is 5.82 Å². The highest BCUT2D eigenvalue weighted by molar-refractivity contribution is 7.92. The maximum atomic E-state index is 14.3. The molecule has 17 heteroatoms. The molecule has 0 radical (unpaired) electrons. The van der Waals surface area contributed by atoms with Gasteiger partial charge in [0.2, 0.25) is 16.0 Å². The van der Waals surface area contributed by atoms with E-state index in [2.05, 4.69) is 34.9 Å². The Bertz CT molecular complexity index is 1880. The van der Waals surface area contributed by atoms with Crippen LogP contribution in [0.5, 0.6) is 11.5 Å². The molecule has 2 aromatic heterocycles. The first-order valence-corrected chi connectivity index (χ1v) is 21.0. The fraction of sp³-hybridized carbons (Fsp3) is 0.393. The molecule has 0 unspecified atom stereocenters. The van der Waals surface area contributed by atoms with Crippen LogP contribution in [0.25, 0.3) is 17.2 Å². The average molecular weight is 681 g/mol. The van der Waals surface area contributed by atoms with E-state index in [4.69, 9.17) is 9.47 Å². The summed E-state index contributed by atoms with van der Waals surface area (Å²) >= 11 is 0. The van der Waals surface area contributed by atoms with E-state index in [1.54, 1.807) is 42.2 Å². The second kappa shape index (κ2) is 12.9. The van der Waals surface area contributed by atoms with Gasteiger partial charge in [-0.1, -0.05) is 31.8 Å². The van der Waals surface area contributed by atoms with Crippen molar-refractivity contribution in [3.8, 4) is 28.7 Å². The second-order valence-electron chi connectivity index (χ2n) is 11.7. The number of aromatic nitrogens is 5. The molecule has 1 atom stereocenters. The number of aliphatic hydroxyl groups is 1. The molecule has 0 bridgehead atoms. The molecule has 0 aliphatic carbocycles. The summed E-state index contributed by atoms with van der Waals surface area (Å²) in [7, 11) is -5.70. The highest BCUT2D eigenvalue weighted by atomic mass is 32.2. The van der Waals surface area contributed by atoms with Crippen LogP contribution in [0.15, 0.2) is 53.6 Å². The molecule has 0 fully saturated rings. The molecule has 244 valence electrons. The second-order valence-corrected chi connectivity index (χ2v) is 21.2. The number of ether oxygens (including phenoxy) is 2. The molecule has 45 heavy (non-hydrogen) atoms. The molecule has 0 spiro atoms. The van der Waals surface area contributed by atoms with E-state index in [-0.39, 0.29) is 23.9 Å². The van der Waals surface area contributed by atoms with Crippen molar-refractivity contribution in [3.63, 3.8) is 0 Å². The van der Waals surface area contributed by atoms with Crippen molar-refractivity contribution in [1.29, 1.82) is 0 Å². The Hall–Kier alpha value is -3.80. The number of rotatable bonds is 13. The topological polar surface area (TPSA) is 159 Å². The van der Waals surface area contributed by atoms with Crippen LogP contribution in [0.1, 0.15) is 11.7 Å². The van der Waals surface area contributed by atoms with Gasteiger partial charge in [0.05, 0.1) is 31.0 Å². The summed E-state index contributed by atoms with van der Waals surface area (Å²) in [6.45, 7) is 6.22. The number of hydrogen-bond donors (Lipinski definition) is 1. The summed E-state index contributed by atoms with van der Waals surface area (Å²) in [5.74, 6) is -1.03. The Kier molecular flexibility index (Phi) is 9.77. The van der Waals surface area contributed by atoms with E-state index < -0.39 is 50.5 Å². The van der Waals surface area contributed by atoms with Crippen molar-refractivity contribution in [3.05, 3.63) is 60.0 Å². The monoisotopic (exact) mass is 680 g/mol. The van der Waals surface area contributed by atoms with E-state index in [1.165, 1.54) is 18.8 Å². The Morgan fingerprint density at radius 3 is 2.20 bits per heavy atom. The van der Waals surface area contributed by atoms with Gasteiger partial charge in [-0.15, -0.1) is 10.2 Å². The van der Waals surface area contributed by atoms with Crippen LogP contribution in [0.4, 0.5) is 10.3 Å². The number of benzene rings is 2. The molecule has 0 saturated carbocycles. The highest BCUT2D eigenvalue weighted by Crippen LogP contribution is 2.39. The quantitative estimate of drug-likeness (QED) is 0.207. The predicted octanol–water partition coefficient (Wildman–Crippen LogP) is 3.44. The van der Waals surface area contributed by atoms with Crippen LogP contribution in [-0.2, 0) is 26.9 Å². The van der Waals surface area contributed by atoms with Gasteiger partial charge in [0, 0.05) is 39.7 Å². The Morgan fingerprint density at radius 1 is 1.02 bits per heavy atom. The predicted molar refractivity (Wildman–Crippen MR) is 170 cm³/mol. The Morgan fingerprint density at radius 2 is 1.67 bits per heavy atom. The largest absolute Gasteiger partial charge is 0.494 e. The third-order valence-electron chi connectivity index (χ3n) is 6.94. The molecule has 0 amide bonds. The number of anilines is 1. The van der Waals surface area contributed by atoms with E-state index >= 15 is 0 Å². The number of aliphatic hydroxyl groups excluding tert-OH is 1. The van der Waals surface area contributed by atoms with Crippen molar-refractivity contribution in [1.82, 2.24) is 24.5 Å². The van der Waals surface area contributed by atoms with Gasteiger partial charge >= 0.3 is 0 Å². The van der Waals surface area contributed by atoms with Crippen LogP contribution in [-0.4, -0.2) is 87.3 Å². The van der Waals surface area contributed by atoms with E-state index in [0.717, 1.165) is 28.8 Å². The van der Waals surface area contributed by atoms with Crippen LogP contribution in [0.3, 0.4) is 0 Å². The summed E-state index contributed by atoms with van der Waals surface area (Å²) in [5.41, 5.74) is 0.459. The first-order chi connectivity index (χ1) is 21.0. The minimum Gasteiger partial charge on any atom is -0.494 e. The van der Waals surface area contributed by atoms with Crippen molar-refractivity contribution >= 4 is 33.9 Å². The van der Waals surface area contributed by atoms with Crippen LogP contribution >= 0.6 is 0 Å². The summed E-state index contributed by atoms with van der Waals surface area (Å²) in [5, 5.41) is 24.3. The van der Waals surface area contributed by atoms with E-state index in [1.807, 2.05) is 0 Å². The zero-order valence-corrected chi connectivity index (χ0v) is 28.7. The summed E-state index contributed by atoms with van der Waals surface area (Å²) in [6, 6.07) is 10.1. The molecule has 2 aromatic carbocycles. The third-order valence-corrected chi connectivity index (χ3v) is 11.6. The van der Waals surface area contributed by atoms with Gasteiger partial charge in [0.15, 0.2) is 15.7 Å². The van der Waals surface area contributed by atoms with Crippen molar-refractivity contribution < 1.29 is 35.8 Å². The van der Waals surface area contributed by atoms with Gasteiger partial charge in [-0.3, -0.25) is 9.25 Å². The summed E-state index contributed by atoms with van der Waals surface area (Å²) in [6.07, 6.45) is 0.739. The first kappa shape index (κ1) is 34.1. The Balaban J connectivity index is 1.95. The number of sulfonamides is 1. The average Bonchev–Trinajstić information content (AvgIpc) is 3.57. The fourth-order valence-electron chi connectivity index (χ4n) is 4.68. The smallest absolute Gasteiger partial charge is 0.246 e. The molecule has 4 rings (SSSR count). The lowest BCUT2D eigenvalue weighted by Crippen LogP contribution is -2.40. The standard InChI is InChI=1S/C28H37FN6O7S2Si/c1-33-14-13-21(32-33)27-30-31-28(35(27)26-23(41-2)9-8-10-24(26)42-3)34(15-16-45(5,6)7)44(39,40)18-22(36)20-12-11-19(29)17-25(20)43(4,37)38/h8-14,17,22,36H,15-16,18H2,1-7H3/t22-/m1/s1.